The number of rotatable bonds is 3. The van der Waals surface area contributed by atoms with Gasteiger partial charge in [0.2, 0.25) is 0 Å². The first-order chi connectivity index (χ1) is 13.0. The van der Waals surface area contributed by atoms with Gasteiger partial charge in [-0.2, -0.15) is 26.3 Å². The van der Waals surface area contributed by atoms with Crippen LogP contribution in [0.4, 0.5) is 37.7 Å². The zero-order valence-corrected chi connectivity index (χ0v) is 14.9. The van der Waals surface area contributed by atoms with Crippen molar-refractivity contribution in [2.24, 2.45) is 10.7 Å². The van der Waals surface area contributed by atoms with Gasteiger partial charge in [0.25, 0.3) is 5.69 Å². The molecule has 0 fully saturated rings. The standard InChI is InChI=1S/C13H6Cl2F6N4O4/c14-8-5(13(19,20)21)1-6(24(26)27)7(9(8)25(28)29)11(15)2-4(12(16,17)18)3-23-10(11)22/h1-3,10H,22H2. The van der Waals surface area contributed by atoms with E-state index in [1.54, 1.807) is 0 Å². The SMILES string of the molecule is NC1N=CC(C(F)(F)F)=CC1(Cl)c1c([N+](=O)[O-])cc(C(F)(F)F)c(Cl)c1[N+](=O)[O-]. The average Bonchev–Trinajstić information content (AvgIpc) is 2.54. The molecule has 2 rings (SSSR count). The van der Waals surface area contributed by atoms with Crippen LogP contribution in [0.15, 0.2) is 22.7 Å². The molecule has 16 heteroatoms. The van der Waals surface area contributed by atoms with Crippen molar-refractivity contribution in [3.63, 3.8) is 0 Å². The Bertz CT molecular complexity index is 962. The number of hydrogen-bond acceptors (Lipinski definition) is 6. The number of nitro groups is 2. The summed E-state index contributed by atoms with van der Waals surface area (Å²) in [6.07, 6.45) is -12.1. The predicted octanol–water partition coefficient (Wildman–Crippen LogP) is 4.47. The van der Waals surface area contributed by atoms with Crippen molar-refractivity contribution >= 4 is 40.8 Å². The van der Waals surface area contributed by atoms with E-state index in [0.717, 1.165) is 0 Å². The van der Waals surface area contributed by atoms with Crippen LogP contribution in [0.3, 0.4) is 0 Å². The zero-order valence-electron chi connectivity index (χ0n) is 13.4. The van der Waals surface area contributed by atoms with Crippen LogP contribution < -0.4 is 5.73 Å². The molecule has 2 N–H and O–H groups in total. The fraction of sp³-hybridized carbons (Fsp3) is 0.308. The van der Waals surface area contributed by atoms with Crippen LogP contribution in [-0.4, -0.2) is 28.4 Å². The molecule has 1 aliphatic heterocycles. The molecule has 0 saturated carbocycles. The molecule has 0 radical (unpaired) electrons. The molecule has 0 amide bonds. The van der Waals surface area contributed by atoms with Gasteiger partial charge >= 0.3 is 18.0 Å². The van der Waals surface area contributed by atoms with Crippen LogP contribution in [0, 0.1) is 20.2 Å². The molecular weight excluding hydrogens is 461 g/mol. The fourth-order valence-corrected chi connectivity index (χ4v) is 3.21. The van der Waals surface area contributed by atoms with Gasteiger partial charge in [-0.25, -0.2) is 0 Å². The minimum atomic E-state index is -5.36. The Labute approximate surface area is 165 Å². The van der Waals surface area contributed by atoms with Crippen LogP contribution in [0.1, 0.15) is 11.1 Å². The molecule has 2 atom stereocenters. The van der Waals surface area contributed by atoms with E-state index in [9.17, 15) is 46.6 Å². The second kappa shape index (κ2) is 7.11. The number of nitro benzene ring substituents is 2. The number of hydrogen-bond donors (Lipinski definition) is 1. The predicted molar refractivity (Wildman–Crippen MR) is 87.9 cm³/mol. The van der Waals surface area contributed by atoms with Gasteiger partial charge in [-0.05, 0) is 6.08 Å². The number of benzene rings is 1. The highest BCUT2D eigenvalue weighted by atomic mass is 35.5. The minimum Gasteiger partial charge on any atom is -0.308 e. The molecule has 1 aromatic carbocycles. The molecule has 2 unspecified atom stereocenters. The van der Waals surface area contributed by atoms with Gasteiger partial charge < -0.3 is 5.73 Å². The van der Waals surface area contributed by atoms with Crippen molar-refractivity contribution in [2.75, 3.05) is 0 Å². The Morgan fingerprint density at radius 1 is 1.10 bits per heavy atom. The maximum absolute atomic E-state index is 13.1. The van der Waals surface area contributed by atoms with E-state index in [0.29, 0.717) is 0 Å². The third kappa shape index (κ3) is 4.00. The summed E-state index contributed by atoms with van der Waals surface area (Å²) in [5.74, 6) is 0. The number of alkyl halides is 7. The maximum Gasteiger partial charge on any atom is 0.418 e. The summed E-state index contributed by atoms with van der Waals surface area (Å²) in [6.45, 7) is 0. The first kappa shape index (κ1) is 22.8. The van der Waals surface area contributed by atoms with Gasteiger partial charge in [0.15, 0.2) is 0 Å². The number of allylic oxidation sites excluding steroid dienone is 1. The van der Waals surface area contributed by atoms with Crippen molar-refractivity contribution in [3.05, 3.63) is 54.1 Å². The van der Waals surface area contributed by atoms with Gasteiger partial charge in [0.1, 0.15) is 21.6 Å². The van der Waals surface area contributed by atoms with E-state index in [1.165, 1.54) is 0 Å². The lowest BCUT2D eigenvalue weighted by atomic mass is 9.87. The lowest BCUT2D eigenvalue weighted by Crippen LogP contribution is -2.43. The van der Waals surface area contributed by atoms with E-state index in [2.05, 4.69) is 4.99 Å². The molecule has 1 aromatic rings. The third-order valence-corrected chi connectivity index (χ3v) is 4.69. The summed E-state index contributed by atoms with van der Waals surface area (Å²) in [5.41, 5.74) is -2.69. The topological polar surface area (TPSA) is 125 Å². The second-order valence-corrected chi connectivity index (χ2v) is 6.58. The Balaban J connectivity index is 3.03. The largest absolute Gasteiger partial charge is 0.418 e. The monoisotopic (exact) mass is 466 g/mol. The molecule has 0 aliphatic carbocycles. The molecule has 0 saturated heterocycles. The van der Waals surface area contributed by atoms with Gasteiger partial charge in [0.05, 0.1) is 21.0 Å². The normalized spacial score (nSPS) is 22.4. The number of dihydropyridines is 1. The van der Waals surface area contributed by atoms with Crippen molar-refractivity contribution in [2.45, 2.75) is 23.4 Å². The summed E-state index contributed by atoms with van der Waals surface area (Å²) in [7, 11) is 0. The highest BCUT2D eigenvalue weighted by Gasteiger charge is 2.52. The molecule has 1 heterocycles. The Morgan fingerprint density at radius 3 is 2.07 bits per heavy atom. The molecule has 8 nitrogen and oxygen atoms in total. The molecule has 1 aliphatic rings. The van der Waals surface area contributed by atoms with Crippen molar-refractivity contribution in [1.82, 2.24) is 0 Å². The molecule has 158 valence electrons. The molecular formula is C13H6Cl2F6N4O4. The molecule has 29 heavy (non-hydrogen) atoms. The lowest BCUT2D eigenvalue weighted by molar-refractivity contribution is -0.396. The summed E-state index contributed by atoms with van der Waals surface area (Å²) in [6, 6.07) is -0.166. The molecule has 0 spiro atoms. The van der Waals surface area contributed by atoms with E-state index in [-0.39, 0.29) is 18.4 Å². The Hall–Kier alpha value is -2.45. The average molecular weight is 467 g/mol. The molecule has 0 bridgehead atoms. The van der Waals surface area contributed by atoms with Crippen LogP contribution in [0.25, 0.3) is 0 Å². The number of aliphatic imine (C=N–C) groups is 1. The number of halogens is 8. The van der Waals surface area contributed by atoms with Gasteiger partial charge in [0, 0.05) is 12.3 Å². The summed E-state index contributed by atoms with van der Waals surface area (Å²) < 4.78 is 78.5. The van der Waals surface area contributed by atoms with Gasteiger partial charge in [-0.15, -0.1) is 11.6 Å². The second-order valence-electron chi connectivity index (χ2n) is 5.58. The first-order valence-electron chi connectivity index (χ1n) is 7.02. The van der Waals surface area contributed by atoms with Gasteiger partial charge in [-0.1, -0.05) is 11.6 Å². The molecule has 0 aromatic heterocycles. The highest BCUT2D eigenvalue weighted by molar-refractivity contribution is 6.34. The summed E-state index contributed by atoms with van der Waals surface area (Å²) >= 11 is 11.5. The first-order valence-corrected chi connectivity index (χ1v) is 7.78. The van der Waals surface area contributed by atoms with E-state index < -0.39 is 66.3 Å². The third-order valence-electron chi connectivity index (χ3n) is 3.78. The number of nitrogens with zero attached hydrogens (tertiary/aromatic N) is 3. The van der Waals surface area contributed by atoms with E-state index in [4.69, 9.17) is 28.9 Å². The fourth-order valence-electron chi connectivity index (χ4n) is 2.52. The van der Waals surface area contributed by atoms with E-state index in [1.807, 2.05) is 0 Å². The van der Waals surface area contributed by atoms with Crippen molar-refractivity contribution < 1.29 is 36.2 Å². The van der Waals surface area contributed by atoms with Gasteiger partial charge in [-0.3, -0.25) is 25.2 Å². The minimum absolute atomic E-state index is 0.102. The quantitative estimate of drug-likeness (QED) is 0.304. The summed E-state index contributed by atoms with van der Waals surface area (Å²) in [5, 5.41) is 21.2. The zero-order chi connectivity index (χ0) is 22.5. The van der Waals surface area contributed by atoms with Crippen molar-refractivity contribution in [3.8, 4) is 0 Å². The maximum atomic E-state index is 13.1. The lowest BCUT2D eigenvalue weighted by Gasteiger charge is -2.31. The van der Waals surface area contributed by atoms with Crippen LogP contribution in [0.5, 0.6) is 0 Å². The Kier molecular flexibility index (Phi) is 5.60. The summed E-state index contributed by atoms with van der Waals surface area (Å²) in [4.78, 5) is 20.1. The number of nitrogens with two attached hydrogens (primary N) is 1. The van der Waals surface area contributed by atoms with Crippen LogP contribution >= 0.6 is 23.2 Å². The highest BCUT2D eigenvalue weighted by Crippen LogP contribution is 2.52. The smallest absolute Gasteiger partial charge is 0.308 e. The van der Waals surface area contributed by atoms with Crippen LogP contribution in [0.2, 0.25) is 5.02 Å². The van der Waals surface area contributed by atoms with E-state index >= 15 is 0 Å². The van der Waals surface area contributed by atoms with Crippen molar-refractivity contribution in [1.29, 1.82) is 0 Å². The Morgan fingerprint density at radius 2 is 1.66 bits per heavy atom. The van der Waals surface area contributed by atoms with Crippen LogP contribution in [-0.2, 0) is 11.1 Å².